The zero-order valence-electron chi connectivity index (χ0n) is 8.09. The van der Waals surface area contributed by atoms with Crippen LogP contribution in [0.4, 0.5) is 0 Å². The minimum absolute atomic E-state index is 0.394. The van der Waals surface area contributed by atoms with Crippen molar-refractivity contribution in [3.05, 3.63) is 0 Å². The van der Waals surface area contributed by atoms with Gasteiger partial charge in [0.25, 0.3) is 0 Å². The SMILES string of the molecule is CCCCO[C@@H]1CCC[C@@H](N)C1. The van der Waals surface area contributed by atoms with E-state index >= 15 is 0 Å². The molecule has 0 amide bonds. The first-order valence-electron chi connectivity index (χ1n) is 5.20. The maximum Gasteiger partial charge on any atom is 0.0589 e. The van der Waals surface area contributed by atoms with Crippen LogP contribution in [0.3, 0.4) is 0 Å². The first kappa shape index (κ1) is 10.0. The Hall–Kier alpha value is -0.0800. The van der Waals surface area contributed by atoms with E-state index in [4.69, 9.17) is 10.5 Å². The molecule has 2 heteroatoms. The third kappa shape index (κ3) is 3.55. The number of hydrogen-bond donors (Lipinski definition) is 1. The fraction of sp³-hybridized carbons (Fsp3) is 1.00. The lowest BCUT2D eigenvalue weighted by molar-refractivity contribution is 0.0221. The first-order valence-corrected chi connectivity index (χ1v) is 5.20. The number of ether oxygens (including phenoxy) is 1. The van der Waals surface area contributed by atoms with Crippen LogP contribution in [0, 0.1) is 0 Å². The Morgan fingerprint density at radius 3 is 2.92 bits per heavy atom. The van der Waals surface area contributed by atoms with Gasteiger partial charge in [-0.25, -0.2) is 0 Å². The Balaban J connectivity index is 2.06. The van der Waals surface area contributed by atoms with E-state index in [0.717, 1.165) is 13.0 Å². The van der Waals surface area contributed by atoms with Crippen LogP contribution in [0.2, 0.25) is 0 Å². The van der Waals surface area contributed by atoms with Crippen LogP contribution in [0.25, 0.3) is 0 Å². The summed E-state index contributed by atoms with van der Waals surface area (Å²) in [6, 6.07) is 0.394. The molecule has 72 valence electrons. The second kappa shape index (κ2) is 5.55. The smallest absolute Gasteiger partial charge is 0.0589 e. The van der Waals surface area contributed by atoms with Crippen LogP contribution < -0.4 is 5.73 Å². The highest BCUT2D eigenvalue weighted by molar-refractivity contribution is 4.75. The molecule has 2 atom stereocenters. The molecule has 0 aromatic carbocycles. The molecule has 0 radical (unpaired) electrons. The Bertz CT molecular complexity index is 116. The van der Waals surface area contributed by atoms with E-state index in [9.17, 15) is 0 Å². The summed E-state index contributed by atoms with van der Waals surface area (Å²) in [5.74, 6) is 0. The zero-order valence-corrected chi connectivity index (χ0v) is 8.09. The molecule has 2 nitrogen and oxygen atoms in total. The summed E-state index contributed by atoms with van der Waals surface area (Å²) in [4.78, 5) is 0. The van der Waals surface area contributed by atoms with Crippen molar-refractivity contribution in [2.45, 2.75) is 57.6 Å². The molecule has 1 saturated carbocycles. The van der Waals surface area contributed by atoms with Crippen molar-refractivity contribution in [3.63, 3.8) is 0 Å². The molecule has 0 spiro atoms. The highest BCUT2D eigenvalue weighted by atomic mass is 16.5. The summed E-state index contributed by atoms with van der Waals surface area (Å²) in [7, 11) is 0. The van der Waals surface area contributed by atoms with Crippen molar-refractivity contribution in [2.24, 2.45) is 5.73 Å². The average Bonchev–Trinajstić information content (AvgIpc) is 2.05. The molecular weight excluding hydrogens is 150 g/mol. The molecule has 0 bridgehead atoms. The fourth-order valence-corrected chi connectivity index (χ4v) is 1.73. The number of hydrogen-bond acceptors (Lipinski definition) is 2. The van der Waals surface area contributed by atoms with Crippen LogP contribution in [-0.4, -0.2) is 18.8 Å². The lowest BCUT2D eigenvalue weighted by Crippen LogP contribution is -2.32. The molecule has 0 aromatic heterocycles. The molecule has 1 aliphatic rings. The van der Waals surface area contributed by atoms with Crippen LogP contribution in [-0.2, 0) is 4.74 Å². The van der Waals surface area contributed by atoms with E-state index in [1.807, 2.05) is 0 Å². The minimum atomic E-state index is 0.394. The van der Waals surface area contributed by atoms with Crippen molar-refractivity contribution in [3.8, 4) is 0 Å². The van der Waals surface area contributed by atoms with Crippen molar-refractivity contribution in [1.82, 2.24) is 0 Å². The third-order valence-electron chi connectivity index (χ3n) is 2.52. The molecule has 0 unspecified atom stereocenters. The van der Waals surface area contributed by atoms with E-state index in [-0.39, 0.29) is 0 Å². The van der Waals surface area contributed by atoms with E-state index < -0.39 is 0 Å². The highest BCUT2D eigenvalue weighted by Gasteiger charge is 2.18. The summed E-state index contributed by atoms with van der Waals surface area (Å²) >= 11 is 0. The van der Waals surface area contributed by atoms with Gasteiger partial charge in [-0.05, 0) is 32.1 Å². The molecule has 2 N–H and O–H groups in total. The summed E-state index contributed by atoms with van der Waals surface area (Å²) < 4.78 is 5.71. The zero-order chi connectivity index (χ0) is 8.81. The molecule has 12 heavy (non-hydrogen) atoms. The van der Waals surface area contributed by atoms with Gasteiger partial charge in [0.15, 0.2) is 0 Å². The minimum Gasteiger partial charge on any atom is -0.378 e. The number of unbranched alkanes of at least 4 members (excludes halogenated alkanes) is 1. The molecular formula is C10H21NO. The van der Waals surface area contributed by atoms with Crippen LogP contribution in [0.1, 0.15) is 45.4 Å². The van der Waals surface area contributed by atoms with Crippen LogP contribution >= 0.6 is 0 Å². The van der Waals surface area contributed by atoms with Gasteiger partial charge >= 0.3 is 0 Å². The van der Waals surface area contributed by atoms with Gasteiger partial charge < -0.3 is 10.5 Å². The van der Waals surface area contributed by atoms with Crippen molar-refractivity contribution >= 4 is 0 Å². The predicted octanol–water partition coefficient (Wildman–Crippen LogP) is 2.07. The Morgan fingerprint density at radius 2 is 2.25 bits per heavy atom. The summed E-state index contributed by atoms with van der Waals surface area (Å²) in [6.07, 6.45) is 7.59. The van der Waals surface area contributed by atoms with Gasteiger partial charge in [0.2, 0.25) is 0 Å². The van der Waals surface area contributed by atoms with E-state index in [1.165, 1.54) is 32.1 Å². The van der Waals surface area contributed by atoms with Gasteiger partial charge in [0, 0.05) is 12.6 Å². The summed E-state index contributed by atoms with van der Waals surface area (Å²) in [6.45, 7) is 3.11. The fourth-order valence-electron chi connectivity index (χ4n) is 1.73. The van der Waals surface area contributed by atoms with E-state index in [2.05, 4.69) is 6.92 Å². The monoisotopic (exact) mass is 171 g/mol. The van der Waals surface area contributed by atoms with E-state index in [1.54, 1.807) is 0 Å². The lowest BCUT2D eigenvalue weighted by atomic mass is 9.93. The van der Waals surface area contributed by atoms with Crippen molar-refractivity contribution in [2.75, 3.05) is 6.61 Å². The van der Waals surface area contributed by atoms with Gasteiger partial charge in [0.05, 0.1) is 6.10 Å². The molecule has 1 rings (SSSR count). The van der Waals surface area contributed by atoms with Gasteiger partial charge in [-0.2, -0.15) is 0 Å². The Morgan fingerprint density at radius 1 is 1.42 bits per heavy atom. The quantitative estimate of drug-likeness (QED) is 0.657. The van der Waals surface area contributed by atoms with Crippen molar-refractivity contribution < 1.29 is 4.74 Å². The van der Waals surface area contributed by atoms with Gasteiger partial charge in [-0.15, -0.1) is 0 Å². The van der Waals surface area contributed by atoms with Gasteiger partial charge in [-0.3, -0.25) is 0 Å². The van der Waals surface area contributed by atoms with Crippen LogP contribution in [0.5, 0.6) is 0 Å². The topological polar surface area (TPSA) is 35.2 Å². The second-order valence-electron chi connectivity index (χ2n) is 3.77. The lowest BCUT2D eigenvalue weighted by Gasteiger charge is -2.26. The number of rotatable bonds is 4. The third-order valence-corrected chi connectivity index (χ3v) is 2.52. The molecule has 1 fully saturated rings. The normalized spacial score (nSPS) is 30.5. The summed E-state index contributed by atoms with van der Waals surface area (Å²) in [5, 5.41) is 0. The van der Waals surface area contributed by atoms with Gasteiger partial charge in [0.1, 0.15) is 0 Å². The average molecular weight is 171 g/mol. The largest absolute Gasteiger partial charge is 0.378 e. The molecule has 0 aliphatic heterocycles. The highest BCUT2D eigenvalue weighted by Crippen LogP contribution is 2.19. The second-order valence-corrected chi connectivity index (χ2v) is 3.77. The summed E-state index contributed by atoms with van der Waals surface area (Å²) in [5.41, 5.74) is 5.85. The molecule has 0 aromatic rings. The Labute approximate surface area is 75.5 Å². The molecule has 0 heterocycles. The Kier molecular flexibility index (Phi) is 4.62. The van der Waals surface area contributed by atoms with Crippen LogP contribution in [0.15, 0.2) is 0 Å². The molecule has 1 aliphatic carbocycles. The standard InChI is InChI=1S/C10H21NO/c1-2-3-7-12-10-6-4-5-9(11)8-10/h9-10H,2-8,11H2,1H3/t9-,10-/m1/s1. The van der Waals surface area contributed by atoms with E-state index in [0.29, 0.717) is 12.1 Å². The maximum absolute atomic E-state index is 5.85. The first-order chi connectivity index (χ1) is 5.83. The maximum atomic E-state index is 5.85. The predicted molar refractivity (Wildman–Crippen MR) is 51.1 cm³/mol. The number of nitrogens with two attached hydrogens (primary N) is 1. The van der Waals surface area contributed by atoms with Gasteiger partial charge in [-0.1, -0.05) is 13.3 Å². The van der Waals surface area contributed by atoms with Crippen molar-refractivity contribution in [1.29, 1.82) is 0 Å². The molecule has 0 saturated heterocycles.